The Labute approximate surface area is 369 Å². The van der Waals surface area contributed by atoms with Gasteiger partial charge in [0, 0.05) is 34.0 Å². The van der Waals surface area contributed by atoms with Gasteiger partial charge < -0.3 is 20.3 Å². The monoisotopic (exact) mass is 836 g/mol. The van der Waals surface area contributed by atoms with Crippen LogP contribution >= 0.6 is 0 Å². The van der Waals surface area contributed by atoms with Crippen LogP contribution in [0.2, 0.25) is 0 Å². The summed E-state index contributed by atoms with van der Waals surface area (Å²) in [5, 5.41) is 5.90. The zero-order chi connectivity index (χ0) is 44.4. The Bertz CT molecular complexity index is 2760. The molecule has 2 N–H and O–H groups in total. The number of fused-ring (bicyclic) bond motifs is 4. The molecule has 0 fully saturated rings. The van der Waals surface area contributed by atoms with Gasteiger partial charge in [-0.15, -0.1) is 0 Å². The fraction of sp³-hybridized carbons (Fsp3) is 0.218. The Kier molecular flexibility index (Phi) is 11.8. The SMILES string of the molecule is Cc1ccccc1C(=O)Nc1ccc(C=CCOOc2ccc3c(c2)C2(CC3(C)C)CC(C)(C)c3ccc(OC(=O)C=Cc4ccc(NC(=O)c5ccccc5C)cc4)cc32)cc1. The zero-order valence-electron chi connectivity index (χ0n) is 36.6. The topological polar surface area (TPSA) is 103 Å². The number of anilines is 2. The summed E-state index contributed by atoms with van der Waals surface area (Å²) < 4.78 is 5.93. The van der Waals surface area contributed by atoms with Crippen molar-refractivity contribution in [2.24, 2.45) is 0 Å². The van der Waals surface area contributed by atoms with Crippen LogP contribution in [0.15, 0.2) is 146 Å². The molecule has 318 valence electrons. The molecule has 8 rings (SSSR count). The van der Waals surface area contributed by atoms with Gasteiger partial charge in [-0.25, -0.2) is 4.79 Å². The maximum atomic E-state index is 13.2. The molecule has 0 radical (unpaired) electrons. The third kappa shape index (κ3) is 9.13. The highest BCUT2D eigenvalue weighted by atomic mass is 17.2. The summed E-state index contributed by atoms with van der Waals surface area (Å²) >= 11 is 0. The third-order valence-corrected chi connectivity index (χ3v) is 12.3. The van der Waals surface area contributed by atoms with Crippen LogP contribution in [0.25, 0.3) is 12.2 Å². The highest BCUT2D eigenvalue weighted by molar-refractivity contribution is 6.06. The van der Waals surface area contributed by atoms with E-state index in [1.165, 1.54) is 28.3 Å². The first-order chi connectivity index (χ1) is 30.2. The van der Waals surface area contributed by atoms with E-state index in [0.29, 0.717) is 28.3 Å². The molecule has 6 aromatic carbocycles. The van der Waals surface area contributed by atoms with E-state index in [9.17, 15) is 14.4 Å². The number of nitrogens with one attached hydrogen (secondary N) is 2. The molecule has 1 spiro atoms. The van der Waals surface area contributed by atoms with E-state index in [-0.39, 0.29) is 34.7 Å². The molecular formula is C55H52N2O6. The van der Waals surface area contributed by atoms with E-state index in [4.69, 9.17) is 14.5 Å². The molecule has 0 aromatic heterocycles. The van der Waals surface area contributed by atoms with Gasteiger partial charge in [0.1, 0.15) is 12.4 Å². The van der Waals surface area contributed by atoms with E-state index < -0.39 is 5.97 Å². The van der Waals surface area contributed by atoms with Gasteiger partial charge in [0.05, 0.1) is 0 Å². The minimum atomic E-state index is -0.480. The van der Waals surface area contributed by atoms with E-state index in [0.717, 1.165) is 40.8 Å². The van der Waals surface area contributed by atoms with Crippen LogP contribution in [0, 0.1) is 13.8 Å². The summed E-state index contributed by atoms with van der Waals surface area (Å²) in [5.74, 6) is 0.322. The number of rotatable bonds is 12. The number of aryl methyl sites for hydroxylation is 2. The Hall–Kier alpha value is -7.03. The van der Waals surface area contributed by atoms with Crippen molar-refractivity contribution in [1.29, 1.82) is 0 Å². The Balaban J connectivity index is 0.912. The van der Waals surface area contributed by atoms with Crippen molar-refractivity contribution in [1.82, 2.24) is 0 Å². The molecule has 8 nitrogen and oxygen atoms in total. The van der Waals surface area contributed by atoms with Gasteiger partial charge in [-0.1, -0.05) is 113 Å². The summed E-state index contributed by atoms with van der Waals surface area (Å²) in [5.41, 5.74) is 10.6. The first kappa shape index (κ1) is 42.7. The lowest BCUT2D eigenvalue weighted by Crippen LogP contribution is -2.27. The minimum absolute atomic E-state index is 0.109. The average molecular weight is 837 g/mol. The van der Waals surface area contributed by atoms with Crippen molar-refractivity contribution < 1.29 is 28.9 Å². The molecular weight excluding hydrogens is 785 g/mol. The molecule has 0 saturated heterocycles. The van der Waals surface area contributed by atoms with Crippen molar-refractivity contribution in [2.45, 2.75) is 70.6 Å². The number of amides is 2. The molecule has 8 heteroatoms. The van der Waals surface area contributed by atoms with E-state index in [1.807, 2.05) is 135 Å². The molecule has 2 amide bonds. The van der Waals surface area contributed by atoms with Crippen molar-refractivity contribution in [2.75, 3.05) is 17.2 Å². The average Bonchev–Trinajstić information content (AvgIpc) is 3.62. The first-order valence-electron chi connectivity index (χ1n) is 21.3. The number of carbonyl (C=O) groups is 3. The highest BCUT2D eigenvalue weighted by Gasteiger charge is 2.56. The van der Waals surface area contributed by atoms with Gasteiger partial charge in [0.15, 0.2) is 5.75 Å². The fourth-order valence-corrected chi connectivity index (χ4v) is 9.47. The maximum absolute atomic E-state index is 13.2. The molecule has 1 atom stereocenters. The lowest BCUT2D eigenvalue weighted by molar-refractivity contribution is -0.195. The maximum Gasteiger partial charge on any atom is 0.336 e. The molecule has 1 unspecified atom stereocenters. The van der Waals surface area contributed by atoms with Crippen LogP contribution in [-0.4, -0.2) is 24.4 Å². The van der Waals surface area contributed by atoms with Crippen LogP contribution in [0.3, 0.4) is 0 Å². The van der Waals surface area contributed by atoms with E-state index in [2.05, 4.69) is 56.5 Å². The van der Waals surface area contributed by atoms with Crippen LogP contribution < -0.4 is 20.3 Å². The fourth-order valence-electron chi connectivity index (χ4n) is 9.47. The third-order valence-electron chi connectivity index (χ3n) is 12.3. The van der Waals surface area contributed by atoms with Crippen LogP contribution in [-0.2, 0) is 25.9 Å². The second kappa shape index (κ2) is 17.4. The normalized spacial score (nSPS) is 16.8. The van der Waals surface area contributed by atoms with Crippen molar-refractivity contribution in [3.05, 3.63) is 201 Å². The van der Waals surface area contributed by atoms with Crippen LogP contribution in [0.1, 0.15) is 106 Å². The summed E-state index contributed by atoms with van der Waals surface area (Å²) in [6, 6.07) is 42.2. The van der Waals surface area contributed by atoms with Gasteiger partial charge in [0.2, 0.25) is 0 Å². The van der Waals surface area contributed by atoms with E-state index >= 15 is 0 Å². The standard InChI is InChI=1S/C55H52N2O6/c1-36-12-7-9-15-44(36)51(59)56-40-22-17-38(18-23-40)14-11-31-61-63-43-27-29-47-49(33-43)55(35-54(47,5)6)34-53(3,4)46-28-26-42(32-48(46)55)62-50(58)30-21-39-19-24-41(25-20-39)57-52(60)45-16-10-8-13-37(45)2/h7-30,32-33H,31,34-35H2,1-6H3,(H,56,59)(H,57,60). The van der Waals surface area contributed by atoms with Gasteiger partial charge >= 0.3 is 5.97 Å². The number of carbonyl (C=O) groups excluding carboxylic acids is 3. The van der Waals surface area contributed by atoms with E-state index in [1.54, 1.807) is 12.1 Å². The second-order valence-corrected chi connectivity index (χ2v) is 17.9. The van der Waals surface area contributed by atoms with Gasteiger partial charge in [-0.05, 0) is 149 Å². The van der Waals surface area contributed by atoms with Crippen molar-refractivity contribution in [3.63, 3.8) is 0 Å². The predicted octanol–water partition coefficient (Wildman–Crippen LogP) is 12.1. The molecule has 0 saturated carbocycles. The highest BCUT2D eigenvalue weighted by Crippen LogP contribution is 2.63. The Morgan fingerprint density at radius 2 is 1.05 bits per heavy atom. The number of hydrogen-bond acceptors (Lipinski definition) is 6. The molecule has 2 aliphatic rings. The van der Waals surface area contributed by atoms with Gasteiger partial charge in [0.25, 0.3) is 11.8 Å². The Morgan fingerprint density at radius 1 is 0.571 bits per heavy atom. The molecule has 0 aliphatic heterocycles. The molecule has 0 heterocycles. The minimum Gasteiger partial charge on any atom is -0.423 e. The Morgan fingerprint density at radius 3 is 1.57 bits per heavy atom. The van der Waals surface area contributed by atoms with Crippen LogP contribution in [0.5, 0.6) is 11.5 Å². The summed E-state index contributed by atoms with van der Waals surface area (Å²) in [6.45, 7) is 13.2. The van der Waals surface area contributed by atoms with Gasteiger partial charge in [-0.2, -0.15) is 4.89 Å². The van der Waals surface area contributed by atoms with Crippen molar-refractivity contribution >= 4 is 41.3 Å². The second-order valence-electron chi connectivity index (χ2n) is 17.9. The zero-order valence-corrected chi connectivity index (χ0v) is 36.6. The molecule has 0 bridgehead atoms. The quantitative estimate of drug-likeness (QED) is 0.0318. The lowest BCUT2D eigenvalue weighted by Gasteiger charge is -2.30. The summed E-state index contributed by atoms with van der Waals surface area (Å²) in [4.78, 5) is 50.2. The number of esters is 1. The first-order valence-corrected chi connectivity index (χ1v) is 21.3. The largest absolute Gasteiger partial charge is 0.423 e. The number of hydrogen-bond donors (Lipinski definition) is 2. The molecule has 6 aromatic rings. The van der Waals surface area contributed by atoms with Gasteiger partial charge in [-0.3, -0.25) is 9.59 Å². The molecule has 2 aliphatic carbocycles. The van der Waals surface area contributed by atoms with Crippen LogP contribution in [0.4, 0.5) is 11.4 Å². The number of benzene rings is 6. The lowest BCUT2D eigenvalue weighted by atomic mass is 9.72. The summed E-state index contributed by atoms with van der Waals surface area (Å²) in [7, 11) is 0. The summed E-state index contributed by atoms with van der Waals surface area (Å²) in [6.07, 6.45) is 8.75. The molecule has 63 heavy (non-hydrogen) atoms. The smallest absolute Gasteiger partial charge is 0.336 e. The predicted molar refractivity (Wildman–Crippen MR) is 250 cm³/mol. The van der Waals surface area contributed by atoms with Crippen molar-refractivity contribution in [3.8, 4) is 11.5 Å². The number of ether oxygens (including phenoxy) is 1.